The van der Waals surface area contributed by atoms with Crippen molar-refractivity contribution in [2.45, 2.75) is 33.3 Å². The highest BCUT2D eigenvalue weighted by atomic mass is 35.5. The second-order valence-electron chi connectivity index (χ2n) is 5.30. The molecule has 0 aromatic carbocycles. The number of aliphatic hydroxyl groups excluding tert-OH is 1. The van der Waals surface area contributed by atoms with Gasteiger partial charge in [-0.05, 0) is 32.9 Å². The van der Waals surface area contributed by atoms with E-state index >= 15 is 0 Å². The lowest BCUT2D eigenvalue weighted by Crippen LogP contribution is -2.38. The zero-order valence-corrected chi connectivity index (χ0v) is 16.5. The van der Waals surface area contributed by atoms with Gasteiger partial charge in [-0.1, -0.05) is 11.6 Å². The Kier molecular flexibility index (Phi) is 7.48. The Hall–Kier alpha value is -1.15. The maximum absolute atomic E-state index is 10.2. The number of thiazole rings is 1. The molecule has 0 saturated carbocycles. The van der Waals surface area contributed by atoms with Crippen LogP contribution in [0.2, 0.25) is 4.34 Å². The minimum absolute atomic E-state index is 0.296. The second kappa shape index (κ2) is 9.36. The number of hydrogen-bond acceptors (Lipinski definition) is 5. The van der Waals surface area contributed by atoms with Crippen LogP contribution in [0.1, 0.15) is 33.5 Å². The molecule has 3 N–H and O–H groups in total. The first-order chi connectivity index (χ1) is 11.5. The van der Waals surface area contributed by atoms with Crippen LogP contribution in [-0.2, 0) is 6.42 Å². The number of aryl methyl sites for hydroxylation is 2. The van der Waals surface area contributed by atoms with Crippen LogP contribution in [0.4, 0.5) is 0 Å². The van der Waals surface area contributed by atoms with E-state index in [1.54, 1.807) is 17.4 Å². The molecular formula is C16H23ClN4OS2. The third kappa shape index (κ3) is 5.73. The van der Waals surface area contributed by atoms with E-state index in [9.17, 15) is 5.11 Å². The normalized spacial score (nSPS) is 13.1. The molecule has 132 valence electrons. The van der Waals surface area contributed by atoms with E-state index < -0.39 is 6.10 Å². The summed E-state index contributed by atoms with van der Waals surface area (Å²) in [4.78, 5) is 11.0. The standard InChI is InChI=1S/C16H23ClN4OS2/c1-4-18-16(19-8-7-13-10(2)21-11(3)23-13)20-9-12(22)14-5-6-15(17)24-14/h5-6,12,22H,4,7-9H2,1-3H3,(H2,18,19,20). The lowest BCUT2D eigenvalue weighted by molar-refractivity contribution is 0.191. The summed E-state index contributed by atoms with van der Waals surface area (Å²) >= 11 is 9.02. The molecule has 5 nitrogen and oxygen atoms in total. The first-order valence-corrected chi connectivity index (χ1v) is 9.89. The van der Waals surface area contributed by atoms with E-state index in [2.05, 4.69) is 20.6 Å². The molecule has 0 aliphatic carbocycles. The van der Waals surface area contributed by atoms with Crippen molar-refractivity contribution in [3.8, 4) is 0 Å². The molecule has 0 amide bonds. The Morgan fingerprint density at radius 1 is 1.33 bits per heavy atom. The van der Waals surface area contributed by atoms with Crippen LogP contribution in [0, 0.1) is 13.8 Å². The highest BCUT2D eigenvalue weighted by Crippen LogP contribution is 2.26. The predicted molar refractivity (Wildman–Crippen MR) is 104 cm³/mol. The van der Waals surface area contributed by atoms with Crippen LogP contribution in [0.15, 0.2) is 17.1 Å². The molecule has 0 fully saturated rings. The molecule has 2 aromatic heterocycles. The van der Waals surface area contributed by atoms with Gasteiger partial charge in [0, 0.05) is 29.3 Å². The topological polar surface area (TPSA) is 69.5 Å². The molecule has 2 aromatic rings. The number of nitrogens with one attached hydrogen (secondary N) is 2. The number of aliphatic hydroxyl groups is 1. The van der Waals surface area contributed by atoms with Crippen molar-refractivity contribution >= 4 is 40.2 Å². The van der Waals surface area contributed by atoms with Crippen molar-refractivity contribution in [2.24, 2.45) is 4.99 Å². The molecule has 2 heterocycles. The van der Waals surface area contributed by atoms with Gasteiger partial charge in [0.1, 0.15) is 6.10 Å². The van der Waals surface area contributed by atoms with E-state index in [4.69, 9.17) is 11.6 Å². The predicted octanol–water partition coefficient (Wildman–Crippen LogP) is 3.31. The molecule has 0 bridgehead atoms. The average Bonchev–Trinajstić information content (AvgIpc) is 3.10. The summed E-state index contributed by atoms with van der Waals surface area (Å²) in [7, 11) is 0. The van der Waals surface area contributed by atoms with Gasteiger partial charge < -0.3 is 15.7 Å². The van der Waals surface area contributed by atoms with Gasteiger partial charge in [0.2, 0.25) is 0 Å². The molecule has 0 spiro atoms. The van der Waals surface area contributed by atoms with Crippen LogP contribution in [0.3, 0.4) is 0 Å². The summed E-state index contributed by atoms with van der Waals surface area (Å²) in [5.41, 5.74) is 1.10. The quantitative estimate of drug-likeness (QED) is 0.504. The van der Waals surface area contributed by atoms with E-state index in [-0.39, 0.29) is 0 Å². The Morgan fingerprint density at radius 3 is 2.71 bits per heavy atom. The zero-order valence-electron chi connectivity index (χ0n) is 14.1. The number of nitrogens with zero attached hydrogens (tertiary/aromatic N) is 2. The average molecular weight is 387 g/mol. The number of halogens is 1. The molecule has 0 radical (unpaired) electrons. The highest BCUT2D eigenvalue weighted by Gasteiger charge is 2.10. The summed E-state index contributed by atoms with van der Waals surface area (Å²) < 4.78 is 0.674. The summed E-state index contributed by atoms with van der Waals surface area (Å²) in [5, 5.41) is 17.8. The fourth-order valence-electron chi connectivity index (χ4n) is 2.22. The lowest BCUT2D eigenvalue weighted by atomic mass is 10.3. The molecule has 0 aliphatic rings. The van der Waals surface area contributed by atoms with Crippen LogP contribution >= 0.6 is 34.3 Å². The molecule has 2 rings (SSSR count). The van der Waals surface area contributed by atoms with Gasteiger partial charge in [0.25, 0.3) is 0 Å². The largest absolute Gasteiger partial charge is 0.386 e. The molecule has 24 heavy (non-hydrogen) atoms. The third-order valence-electron chi connectivity index (χ3n) is 3.33. The maximum atomic E-state index is 10.2. The van der Waals surface area contributed by atoms with Crippen molar-refractivity contribution in [2.75, 3.05) is 19.6 Å². The van der Waals surface area contributed by atoms with Gasteiger partial charge in [-0.25, -0.2) is 4.98 Å². The van der Waals surface area contributed by atoms with Crippen LogP contribution in [0.5, 0.6) is 0 Å². The Balaban J connectivity index is 1.87. The fraction of sp³-hybridized carbons (Fsp3) is 0.500. The minimum Gasteiger partial charge on any atom is -0.386 e. The van der Waals surface area contributed by atoms with Gasteiger partial charge in [0.05, 0.1) is 21.6 Å². The van der Waals surface area contributed by atoms with Gasteiger partial charge >= 0.3 is 0 Å². The van der Waals surface area contributed by atoms with Crippen molar-refractivity contribution in [3.63, 3.8) is 0 Å². The smallest absolute Gasteiger partial charge is 0.191 e. The van der Waals surface area contributed by atoms with Crippen molar-refractivity contribution in [3.05, 3.63) is 36.9 Å². The SMILES string of the molecule is CCNC(=NCC(O)c1ccc(Cl)s1)NCCc1sc(C)nc1C. The van der Waals surface area contributed by atoms with Crippen molar-refractivity contribution in [1.29, 1.82) is 0 Å². The van der Waals surface area contributed by atoms with E-state index in [0.717, 1.165) is 35.1 Å². The second-order valence-corrected chi connectivity index (χ2v) is 8.33. The van der Waals surface area contributed by atoms with Crippen LogP contribution in [-0.4, -0.2) is 35.7 Å². The monoisotopic (exact) mass is 386 g/mol. The van der Waals surface area contributed by atoms with Gasteiger partial charge in [0.15, 0.2) is 5.96 Å². The van der Waals surface area contributed by atoms with Crippen LogP contribution < -0.4 is 10.6 Å². The summed E-state index contributed by atoms with van der Waals surface area (Å²) in [6, 6.07) is 3.62. The summed E-state index contributed by atoms with van der Waals surface area (Å²) in [6.07, 6.45) is 0.273. The number of rotatable bonds is 7. The van der Waals surface area contributed by atoms with Gasteiger partial charge in [-0.15, -0.1) is 22.7 Å². The Bertz CT molecular complexity index is 683. The molecule has 1 unspecified atom stereocenters. The lowest BCUT2D eigenvalue weighted by Gasteiger charge is -2.12. The molecule has 0 saturated heterocycles. The number of aromatic nitrogens is 1. The first kappa shape index (κ1) is 19.2. The van der Waals surface area contributed by atoms with Gasteiger partial charge in [-0.2, -0.15) is 0 Å². The number of thiophene rings is 1. The number of hydrogen-bond donors (Lipinski definition) is 3. The van der Waals surface area contributed by atoms with Crippen molar-refractivity contribution < 1.29 is 5.11 Å². The maximum Gasteiger partial charge on any atom is 0.191 e. The van der Waals surface area contributed by atoms with Crippen molar-refractivity contribution in [1.82, 2.24) is 15.6 Å². The summed E-state index contributed by atoms with van der Waals surface area (Å²) in [6.45, 7) is 7.92. The first-order valence-electron chi connectivity index (χ1n) is 7.88. The molecular weight excluding hydrogens is 364 g/mol. The molecule has 1 atom stereocenters. The van der Waals surface area contributed by atoms with Gasteiger partial charge in [-0.3, -0.25) is 4.99 Å². The fourth-order valence-corrected chi connectivity index (χ4v) is 4.19. The molecule has 0 aliphatic heterocycles. The number of aliphatic imine (C=N–C) groups is 1. The molecule has 8 heteroatoms. The number of guanidine groups is 1. The Labute approximate surface area is 155 Å². The zero-order chi connectivity index (χ0) is 17.5. The van der Waals surface area contributed by atoms with Crippen LogP contribution in [0.25, 0.3) is 0 Å². The van der Waals surface area contributed by atoms with E-state index in [1.165, 1.54) is 16.2 Å². The highest BCUT2D eigenvalue weighted by molar-refractivity contribution is 7.16. The van der Waals surface area contributed by atoms with E-state index in [0.29, 0.717) is 16.8 Å². The minimum atomic E-state index is -0.635. The Morgan fingerprint density at radius 2 is 2.12 bits per heavy atom. The van der Waals surface area contributed by atoms with E-state index in [1.807, 2.05) is 26.8 Å². The third-order valence-corrected chi connectivity index (χ3v) is 5.80. The summed E-state index contributed by atoms with van der Waals surface area (Å²) in [5.74, 6) is 0.707.